The molecule has 1 unspecified atom stereocenters. The van der Waals surface area contributed by atoms with Gasteiger partial charge in [0, 0.05) is 37.5 Å². The molecule has 7 nitrogen and oxygen atoms in total. The van der Waals surface area contributed by atoms with Crippen LogP contribution in [0, 0.1) is 5.82 Å². The highest BCUT2D eigenvalue weighted by Crippen LogP contribution is 2.26. The van der Waals surface area contributed by atoms with Gasteiger partial charge in [0.1, 0.15) is 11.6 Å². The lowest BCUT2D eigenvalue weighted by atomic mass is 10.1. The molecule has 1 amide bonds. The molecule has 1 aromatic heterocycles. The summed E-state index contributed by atoms with van der Waals surface area (Å²) in [6.07, 6.45) is 4.52. The summed E-state index contributed by atoms with van der Waals surface area (Å²) < 4.78 is 21.7. The quantitative estimate of drug-likeness (QED) is 0.755. The van der Waals surface area contributed by atoms with Gasteiger partial charge in [-0.05, 0) is 31.0 Å². The highest BCUT2D eigenvalue weighted by Gasteiger charge is 2.20. The number of morpholine rings is 1. The van der Waals surface area contributed by atoms with Gasteiger partial charge in [-0.25, -0.2) is 4.39 Å². The van der Waals surface area contributed by atoms with Crippen molar-refractivity contribution in [2.24, 2.45) is 0 Å². The molecular weight excluding hydrogens is 420 g/mol. The number of nitrogens with zero attached hydrogens (tertiary/aromatic N) is 3. The fraction of sp³-hybridized carbons (Fsp3) is 0.526. The van der Waals surface area contributed by atoms with Gasteiger partial charge in [-0.15, -0.1) is 35.0 Å². The van der Waals surface area contributed by atoms with Crippen LogP contribution in [0.3, 0.4) is 0 Å². The van der Waals surface area contributed by atoms with Crippen LogP contribution in [0.25, 0.3) is 11.4 Å². The van der Waals surface area contributed by atoms with E-state index in [0.717, 1.165) is 49.6 Å². The number of nitrogens with one attached hydrogen (secondary N) is 2. The van der Waals surface area contributed by atoms with Crippen LogP contribution < -0.4 is 10.6 Å². The molecule has 10 heteroatoms. The van der Waals surface area contributed by atoms with Gasteiger partial charge in [-0.3, -0.25) is 4.79 Å². The van der Waals surface area contributed by atoms with Crippen LogP contribution in [-0.4, -0.2) is 46.5 Å². The first-order chi connectivity index (χ1) is 13.2. The van der Waals surface area contributed by atoms with Crippen molar-refractivity contribution in [2.75, 3.05) is 25.1 Å². The lowest BCUT2D eigenvalue weighted by molar-refractivity contribution is -0.117. The summed E-state index contributed by atoms with van der Waals surface area (Å²) in [4.78, 5) is 12.3. The smallest absolute Gasteiger partial charge is 0.226 e. The number of hydrogen-bond acceptors (Lipinski definition) is 5. The SMILES string of the molecule is Cl.Cl.O=C(CC1COCCN1)Nc1cc(-c2nnc3n2CCCCC3)ccc1F. The number of halogens is 3. The molecule has 0 spiro atoms. The van der Waals surface area contributed by atoms with E-state index in [1.54, 1.807) is 12.1 Å². The van der Waals surface area contributed by atoms with Gasteiger partial charge in [0.05, 0.1) is 18.9 Å². The minimum Gasteiger partial charge on any atom is -0.378 e. The van der Waals surface area contributed by atoms with Crippen molar-refractivity contribution < 1.29 is 13.9 Å². The number of carbonyl (C=O) groups is 1. The summed E-state index contributed by atoms with van der Waals surface area (Å²) in [5, 5.41) is 14.5. The molecule has 4 rings (SSSR count). The predicted octanol–water partition coefficient (Wildman–Crippen LogP) is 2.97. The van der Waals surface area contributed by atoms with Gasteiger partial charge in [0.25, 0.3) is 0 Å². The Kier molecular flexibility index (Phi) is 8.82. The van der Waals surface area contributed by atoms with Gasteiger partial charge in [0.2, 0.25) is 5.91 Å². The molecule has 2 aliphatic rings. The third kappa shape index (κ3) is 5.66. The molecule has 0 radical (unpaired) electrons. The summed E-state index contributed by atoms with van der Waals surface area (Å²) in [6, 6.07) is 4.65. The van der Waals surface area contributed by atoms with E-state index in [9.17, 15) is 9.18 Å². The predicted molar refractivity (Wildman–Crippen MR) is 113 cm³/mol. The topological polar surface area (TPSA) is 81.1 Å². The Bertz CT molecular complexity index is 827. The van der Waals surface area contributed by atoms with Crippen molar-refractivity contribution in [3.05, 3.63) is 29.8 Å². The second kappa shape index (κ2) is 10.9. The molecule has 2 aliphatic heterocycles. The van der Waals surface area contributed by atoms with Crippen LogP contribution >= 0.6 is 24.8 Å². The number of rotatable bonds is 4. The maximum Gasteiger partial charge on any atom is 0.226 e. The highest BCUT2D eigenvalue weighted by atomic mass is 35.5. The Morgan fingerprint density at radius 1 is 1.28 bits per heavy atom. The van der Waals surface area contributed by atoms with Crippen LogP contribution in [-0.2, 0) is 22.5 Å². The van der Waals surface area contributed by atoms with Crippen LogP contribution in [0.1, 0.15) is 31.5 Å². The monoisotopic (exact) mass is 445 g/mol. The van der Waals surface area contributed by atoms with Crippen LogP contribution in [0.4, 0.5) is 10.1 Å². The van der Waals surface area contributed by atoms with Gasteiger partial charge in [0.15, 0.2) is 5.82 Å². The lowest BCUT2D eigenvalue weighted by Gasteiger charge is -2.23. The number of aryl methyl sites for hydroxylation is 1. The first kappa shape index (κ1) is 23.5. The summed E-state index contributed by atoms with van der Waals surface area (Å²) in [5.74, 6) is 0.996. The molecule has 2 aromatic rings. The zero-order valence-corrected chi connectivity index (χ0v) is 17.7. The summed E-state index contributed by atoms with van der Waals surface area (Å²) in [5.41, 5.74) is 0.923. The number of benzene rings is 1. The molecule has 1 atom stereocenters. The van der Waals surface area contributed by atoms with Crippen molar-refractivity contribution in [1.29, 1.82) is 0 Å². The Morgan fingerprint density at radius 2 is 2.14 bits per heavy atom. The molecule has 29 heavy (non-hydrogen) atoms. The summed E-state index contributed by atoms with van der Waals surface area (Å²) >= 11 is 0. The second-order valence-corrected chi connectivity index (χ2v) is 7.08. The van der Waals surface area contributed by atoms with E-state index in [2.05, 4.69) is 25.4 Å². The molecule has 0 saturated carbocycles. The van der Waals surface area contributed by atoms with E-state index in [1.807, 2.05) is 0 Å². The third-order valence-corrected chi connectivity index (χ3v) is 5.04. The molecule has 0 aliphatic carbocycles. The average Bonchev–Trinajstić information content (AvgIpc) is 2.92. The molecule has 1 saturated heterocycles. The first-order valence-corrected chi connectivity index (χ1v) is 9.53. The standard InChI is InChI=1S/C19H24FN5O2.2ClH/c20-15-6-5-13(19-24-23-17-4-2-1-3-8-25(17)19)10-16(15)22-18(26)11-14-12-27-9-7-21-14;;/h5-6,10,14,21H,1-4,7-9,11-12H2,(H,22,26);2*1H. The largest absolute Gasteiger partial charge is 0.378 e. The number of ether oxygens (including phenoxy) is 1. The number of fused-ring (bicyclic) bond motifs is 1. The van der Waals surface area contributed by atoms with E-state index in [-0.39, 0.29) is 48.9 Å². The van der Waals surface area contributed by atoms with Crippen molar-refractivity contribution in [3.8, 4) is 11.4 Å². The van der Waals surface area contributed by atoms with Gasteiger partial charge in [-0.1, -0.05) is 6.42 Å². The Labute approximate surface area is 181 Å². The van der Waals surface area contributed by atoms with E-state index in [0.29, 0.717) is 13.2 Å². The van der Waals surface area contributed by atoms with E-state index in [1.165, 1.54) is 12.5 Å². The summed E-state index contributed by atoms with van der Waals surface area (Å²) in [7, 11) is 0. The fourth-order valence-corrected chi connectivity index (χ4v) is 3.63. The van der Waals surface area contributed by atoms with Crippen molar-refractivity contribution in [3.63, 3.8) is 0 Å². The van der Waals surface area contributed by atoms with E-state index in [4.69, 9.17) is 4.74 Å². The molecular formula is C19H26Cl2FN5O2. The minimum absolute atomic E-state index is 0. The van der Waals surface area contributed by atoms with Gasteiger partial charge in [-0.2, -0.15) is 0 Å². The number of amides is 1. The number of aromatic nitrogens is 3. The second-order valence-electron chi connectivity index (χ2n) is 7.08. The normalized spacial score (nSPS) is 18.6. The third-order valence-electron chi connectivity index (χ3n) is 5.04. The van der Waals surface area contributed by atoms with Crippen molar-refractivity contribution >= 4 is 36.4 Å². The van der Waals surface area contributed by atoms with E-state index >= 15 is 0 Å². The summed E-state index contributed by atoms with van der Waals surface area (Å²) in [6.45, 7) is 2.73. The highest BCUT2D eigenvalue weighted by molar-refractivity contribution is 5.92. The Morgan fingerprint density at radius 3 is 2.93 bits per heavy atom. The van der Waals surface area contributed by atoms with E-state index < -0.39 is 5.82 Å². The fourth-order valence-electron chi connectivity index (χ4n) is 3.63. The van der Waals surface area contributed by atoms with Crippen molar-refractivity contribution in [2.45, 2.75) is 44.7 Å². The first-order valence-electron chi connectivity index (χ1n) is 9.53. The Balaban J connectivity index is 0.00000150. The maximum absolute atomic E-state index is 14.3. The molecule has 1 aromatic carbocycles. The molecule has 0 bridgehead atoms. The van der Waals surface area contributed by atoms with Crippen LogP contribution in [0.2, 0.25) is 0 Å². The van der Waals surface area contributed by atoms with Crippen LogP contribution in [0.5, 0.6) is 0 Å². The lowest BCUT2D eigenvalue weighted by Crippen LogP contribution is -2.43. The molecule has 1 fully saturated rings. The van der Waals surface area contributed by atoms with Crippen LogP contribution in [0.15, 0.2) is 18.2 Å². The number of anilines is 1. The minimum atomic E-state index is -0.462. The average molecular weight is 446 g/mol. The van der Waals surface area contributed by atoms with Crippen molar-refractivity contribution in [1.82, 2.24) is 20.1 Å². The molecule has 2 N–H and O–H groups in total. The Hall–Kier alpha value is -1.74. The number of hydrogen-bond donors (Lipinski definition) is 2. The zero-order valence-electron chi connectivity index (χ0n) is 16.0. The van der Waals surface area contributed by atoms with Gasteiger partial charge >= 0.3 is 0 Å². The molecule has 3 heterocycles. The van der Waals surface area contributed by atoms with Gasteiger partial charge < -0.3 is 19.9 Å². The maximum atomic E-state index is 14.3. The number of carbonyl (C=O) groups excluding carboxylic acids is 1. The molecule has 160 valence electrons. The zero-order chi connectivity index (χ0) is 18.6.